The molecule has 3 aromatic heterocycles. The highest BCUT2D eigenvalue weighted by Crippen LogP contribution is 2.34. The van der Waals surface area contributed by atoms with Crippen molar-refractivity contribution in [1.29, 1.82) is 0 Å². The van der Waals surface area contributed by atoms with E-state index >= 15 is 0 Å². The zero-order chi connectivity index (χ0) is 24.0. The Bertz CT molecular complexity index is 1100. The third kappa shape index (κ3) is 6.16. The van der Waals surface area contributed by atoms with Crippen LogP contribution in [-0.4, -0.2) is 45.5 Å². The maximum absolute atomic E-state index is 13.4. The summed E-state index contributed by atoms with van der Waals surface area (Å²) in [6.07, 6.45) is 2.43. The number of hydrogen-bond donors (Lipinski definition) is 4. The lowest BCUT2D eigenvalue weighted by atomic mass is 9.98. The Morgan fingerprint density at radius 1 is 1.03 bits per heavy atom. The Hall–Kier alpha value is -3.80. The summed E-state index contributed by atoms with van der Waals surface area (Å²) in [6.45, 7) is 2.08. The highest BCUT2D eigenvalue weighted by atomic mass is 19.4. The maximum atomic E-state index is 13.4. The topological polar surface area (TPSA) is 117 Å². The third-order valence-electron chi connectivity index (χ3n) is 5.30. The van der Waals surface area contributed by atoms with Gasteiger partial charge in [0.2, 0.25) is 5.95 Å². The molecule has 4 heterocycles. The Kier molecular flexibility index (Phi) is 7.16. The van der Waals surface area contributed by atoms with Crippen LogP contribution >= 0.6 is 0 Å². The molecule has 0 radical (unpaired) electrons. The van der Waals surface area contributed by atoms with E-state index in [2.05, 4.69) is 41.2 Å². The normalized spacial score (nSPS) is 14.4. The summed E-state index contributed by atoms with van der Waals surface area (Å²) in [4.78, 5) is 28.1. The van der Waals surface area contributed by atoms with Crippen LogP contribution in [-0.2, 0) is 6.18 Å². The lowest BCUT2D eigenvalue weighted by molar-refractivity contribution is -0.137. The Morgan fingerprint density at radius 3 is 2.47 bits per heavy atom. The van der Waals surface area contributed by atoms with Crippen LogP contribution < -0.4 is 21.3 Å². The summed E-state index contributed by atoms with van der Waals surface area (Å²) in [7, 11) is 0. The first-order valence-corrected chi connectivity index (χ1v) is 10.7. The van der Waals surface area contributed by atoms with Crippen LogP contribution in [0.1, 0.15) is 28.9 Å². The molecule has 0 aromatic carbocycles. The fourth-order valence-corrected chi connectivity index (χ4v) is 3.47. The lowest BCUT2D eigenvalue weighted by Crippen LogP contribution is -2.31. The van der Waals surface area contributed by atoms with Gasteiger partial charge in [0.05, 0.1) is 11.9 Å². The van der Waals surface area contributed by atoms with Gasteiger partial charge < -0.3 is 21.3 Å². The van der Waals surface area contributed by atoms with Crippen molar-refractivity contribution in [2.24, 2.45) is 5.92 Å². The number of carbonyl (C=O) groups excluding carboxylic acids is 1. The van der Waals surface area contributed by atoms with Gasteiger partial charge in [0.15, 0.2) is 0 Å². The van der Waals surface area contributed by atoms with Crippen molar-refractivity contribution in [2.45, 2.75) is 19.0 Å². The van der Waals surface area contributed by atoms with E-state index in [1.807, 2.05) is 0 Å². The van der Waals surface area contributed by atoms with Gasteiger partial charge in [0.1, 0.15) is 17.1 Å². The van der Waals surface area contributed by atoms with Gasteiger partial charge in [0.25, 0.3) is 5.91 Å². The smallest absolute Gasteiger partial charge is 0.369 e. The van der Waals surface area contributed by atoms with E-state index < -0.39 is 17.6 Å². The highest BCUT2D eigenvalue weighted by Gasteiger charge is 2.35. The van der Waals surface area contributed by atoms with Crippen LogP contribution in [0.2, 0.25) is 0 Å². The molecule has 4 rings (SSSR count). The van der Waals surface area contributed by atoms with Gasteiger partial charge in [-0.1, -0.05) is 0 Å². The van der Waals surface area contributed by atoms with Gasteiger partial charge in [-0.15, -0.1) is 0 Å². The minimum Gasteiger partial charge on any atom is -0.369 e. The SMILES string of the molecule is O=C(Nc1ccncc1)c1ccc(Nc2ncc(C(F)(F)F)c(NCC3CCNCC3)n2)cn1. The van der Waals surface area contributed by atoms with E-state index in [1.54, 1.807) is 30.6 Å². The second kappa shape index (κ2) is 10.4. The van der Waals surface area contributed by atoms with Gasteiger partial charge in [-0.05, 0) is 56.1 Å². The second-order valence-corrected chi connectivity index (χ2v) is 7.78. The van der Waals surface area contributed by atoms with Crippen LogP contribution in [0.3, 0.4) is 0 Å². The molecule has 4 N–H and O–H groups in total. The molecule has 1 saturated heterocycles. The first kappa shape index (κ1) is 23.4. The molecule has 1 amide bonds. The first-order valence-electron chi connectivity index (χ1n) is 10.7. The average Bonchev–Trinajstić information content (AvgIpc) is 2.84. The van der Waals surface area contributed by atoms with Crippen molar-refractivity contribution < 1.29 is 18.0 Å². The lowest BCUT2D eigenvalue weighted by Gasteiger charge is -2.24. The van der Waals surface area contributed by atoms with E-state index in [0.717, 1.165) is 32.1 Å². The van der Waals surface area contributed by atoms with Crippen LogP contribution in [0.5, 0.6) is 0 Å². The predicted molar refractivity (Wildman–Crippen MR) is 121 cm³/mol. The summed E-state index contributed by atoms with van der Waals surface area (Å²) in [5.74, 6) is -0.432. The van der Waals surface area contributed by atoms with Crippen LogP contribution in [0.25, 0.3) is 0 Å². The molecule has 0 atom stereocenters. The number of pyridine rings is 2. The van der Waals surface area contributed by atoms with Gasteiger partial charge >= 0.3 is 6.18 Å². The van der Waals surface area contributed by atoms with E-state index in [-0.39, 0.29) is 23.4 Å². The number of anilines is 4. The zero-order valence-corrected chi connectivity index (χ0v) is 18.1. The van der Waals surface area contributed by atoms with Crippen molar-refractivity contribution in [1.82, 2.24) is 25.3 Å². The molecule has 0 unspecified atom stereocenters. The predicted octanol–water partition coefficient (Wildman–Crippen LogP) is 3.69. The van der Waals surface area contributed by atoms with Crippen LogP contribution in [0, 0.1) is 5.92 Å². The summed E-state index contributed by atoms with van der Waals surface area (Å²) >= 11 is 0. The molecular formula is C22H23F3N8O. The molecule has 0 spiro atoms. The van der Waals surface area contributed by atoms with Gasteiger partial charge in [-0.25, -0.2) is 9.97 Å². The van der Waals surface area contributed by atoms with Crippen molar-refractivity contribution in [2.75, 3.05) is 35.6 Å². The molecule has 12 heteroatoms. The fraction of sp³-hybridized carbons (Fsp3) is 0.318. The number of amides is 1. The number of halogens is 3. The molecule has 0 aliphatic carbocycles. The van der Waals surface area contributed by atoms with Crippen molar-refractivity contribution in [3.05, 3.63) is 60.3 Å². The second-order valence-electron chi connectivity index (χ2n) is 7.78. The molecule has 0 bridgehead atoms. The van der Waals surface area contributed by atoms with E-state index in [9.17, 15) is 18.0 Å². The van der Waals surface area contributed by atoms with Crippen LogP contribution in [0.4, 0.5) is 36.3 Å². The number of rotatable bonds is 7. The largest absolute Gasteiger partial charge is 0.421 e. The third-order valence-corrected chi connectivity index (χ3v) is 5.30. The summed E-state index contributed by atoms with van der Waals surface area (Å²) < 4.78 is 40.3. The molecule has 3 aromatic rings. The van der Waals surface area contributed by atoms with Crippen molar-refractivity contribution in [3.63, 3.8) is 0 Å². The average molecular weight is 472 g/mol. The number of nitrogens with one attached hydrogen (secondary N) is 4. The van der Waals surface area contributed by atoms with Gasteiger partial charge in [-0.3, -0.25) is 9.78 Å². The highest BCUT2D eigenvalue weighted by molar-refractivity contribution is 6.02. The first-order chi connectivity index (χ1) is 16.4. The fourth-order valence-electron chi connectivity index (χ4n) is 3.47. The van der Waals surface area contributed by atoms with Crippen molar-refractivity contribution >= 4 is 29.0 Å². The molecule has 0 saturated carbocycles. The van der Waals surface area contributed by atoms with E-state index in [0.29, 0.717) is 17.9 Å². The Labute approximate surface area is 193 Å². The Balaban J connectivity index is 1.44. The quantitative estimate of drug-likeness (QED) is 0.411. The molecule has 178 valence electrons. The number of piperidine rings is 1. The number of nitrogens with zero attached hydrogens (tertiary/aromatic N) is 4. The minimum absolute atomic E-state index is 0.0170. The monoisotopic (exact) mass is 472 g/mol. The number of hydrogen-bond acceptors (Lipinski definition) is 8. The minimum atomic E-state index is -4.58. The standard InChI is InChI=1S/C22H23F3N8O/c23-22(24,25)17-13-30-21(33-19(17)29-11-14-3-7-26-8-4-14)32-16-1-2-18(28-12-16)20(34)31-15-5-9-27-10-6-15/h1-2,5-6,9-10,12-14,26H,3-4,7-8,11H2,(H,27,31,34)(H2,29,30,32,33). The van der Waals surface area contributed by atoms with E-state index in [4.69, 9.17) is 0 Å². The number of aromatic nitrogens is 4. The van der Waals surface area contributed by atoms with Gasteiger partial charge in [-0.2, -0.15) is 18.2 Å². The molecule has 1 fully saturated rings. The van der Waals surface area contributed by atoms with Crippen molar-refractivity contribution in [3.8, 4) is 0 Å². The Morgan fingerprint density at radius 2 is 1.79 bits per heavy atom. The summed E-state index contributed by atoms with van der Waals surface area (Å²) in [5.41, 5.74) is 0.240. The number of carbonyl (C=O) groups is 1. The molecule has 1 aliphatic rings. The zero-order valence-electron chi connectivity index (χ0n) is 18.1. The number of alkyl halides is 3. The molecule has 34 heavy (non-hydrogen) atoms. The molecule has 9 nitrogen and oxygen atoms in total. The molecular weight excluding hydrogens is 449 g/mol. The summed E-state index contributed by atoms with van der Waals surface area (Å²) in [6, 6.07) is 6.34. The maximum Gasteiger partial charge on any atom is 0.421 e. The molecule has 1 aliphatic heterocycles. The summed E-state index contributed by atoms with van der Waals surface area (Å²) in [5, 5.41) is 11.6. The van der Waals surface area contributed by atoms with Gasteiger partial charge in [0, 0.05) is 30.8 Å². The van der Waals surface area contributed by atoms with E-state index in [1.165, 1.54) is 12.3 Å². The van der Waals surface area contributed by atoms with Crippen LogP contribution in [0.15, 0.2) is 49.1 Å².